The molecule has 1 aromatic rings. The summed E-state index contributed by atoms with van der Waals surface area (Å²) in [7, 11) is 4.40. The standard InChI is InChI=1S/C19H30N2O/c1-15(2)21(4)14-16-5-6-18-17(13-16)7-8-19(22-18)9-11-20(3)12-10-19/h5-6,13,15H,7-12,14H2,1-4H3. The molecule has 122 valence electrons. The van der Waals surface area contributed by atoms with E-state index in [1.807, 2.05) is 0 Å². The van der Waals surface area contributed by atoms with Gasteiger partial charge in [-0.1, -0.05) is 12.1 Å². The van der Waals surface area contributed by atoms with Crippen LogP contribution in [0.3, 0.4) is 0 Å². The van der Waals surface area contributed by atoms with Crippen LogP contribution in [0.25, 0.3) is 0 Å². The normalized spacial score (nSPS) is 21.2. The van der Waals surface area contributed by atoms with Gasteiger partial charge in [0.25, 0.3) is 0 Å². The molecule has 0 aromatic heterocycles. The Morgan fingerprint density at radius 3 is 2.64 bits per heavy atom. The van der Waals surface area contributed by atoms with Crippen LogP contribution < -0.4 is 4.74 Å². The topological polar surface area (TPSA) is 15.7 Å². The number of likely N-dealkylation sites (tertiary alicyclic amines) is 1. The summed E-state index contributed by atoms with van der Waals surface area (Å²) in [5.74, 6) is 1.13. The van der Waals surface area contributed by atoms with E-state index in [9.17, 15) is 0 Å². The van der Waals surface area contributed by atoms with Crippen LogP contribution in [0.1, 0.15) is 44.2 Å². The Bertz CT molecular complexity index is 518. The molecule has 1 saturated heterocycles. The molecular weight excluding hydrogens is 272 g/mol. The van der Waals surface area contributed by atoms with Crippen molar-refractivity contribution in [2.45, 2.75) is 57.7 Å². The second-order valence-corrected chi connectivity index (χ2v) is 7.54. The van der Waals surface area contributed by atoms with Gasteiger partial charge in [-0.15, -0.1) is 0 Å². The van der Waals surface area contributed by atoms with Gasteiger partial charge in [0.15, 0.2) is 0 Å². The van der Waals surface area contributed by atoms with Crippen molar-refractivity contribution < 1.29 is 4.74 Å². The minimum Gasteiger partial charge on any atom is -0.487 e. The van der Waals surface area contributed by atoms with E-state index < -0.39 is 0 Å². The van der Waals surface area contributed by atoms with Gasteiger partial charge in [-0.2, -0.15) is 0 Å². The molecule has 2 heterocycles. The summed E-state index contributed by atoms with van der Waals surface area (Å²) < 4.78 is 6.48. The average Bonchev–Trinajstić information content (AvgIpc) is 2.50. The molecular formula is C19H30N2O. The monoisotopic (exact) mass is 302 g/mol. The molecule has 22 heavy (non-hydrogen) atoms. The first kappa shape index (κ1) is 15.8. The fourth-order valence-corrected chi connectivity index (χ4v) is 3.52. The molecule has 1 fully saturated rings. The molecule has 0 amide bonds. The third kappa shape index (κ3) is 3.31. The number of fused-ring (bicyclic) bond motifs is 1. The summed E-state index contributed by atoms with van der Waals surface area (Å²) in [6, 6.07) is 7.38. The highest BCUT2D eigenvalue weighted by Crippen LogP contribution is 2.39. The van der Waals surface area contributed by atoms with E-state index in [0.717, 1.165) is 31.8 Å². The van der Waals surface area contributed by atoms with Crippen LogP contribution in [0.5, 0.6) is 5.75 Å². The number of hydrogen-bond donors (Lipinski definition) is 0. The maximum atomic E-state index is 6.48. The molecule has 0 aliphatic carbocycles. The predicted molar refractivity (Wildman–Crippen MR) is 91.5 cm³/mol. The lowest BCUT2D eigenvalue weighted by Gasteiger charge is -2.44. The second kappa shape index (κ2) is 6.21. The van der Waals surface area contributed by atoms with Crippen LogP contribution in [0.4, 0.5) is 0 Å². The number of ether oxygens (including phenoxy) is 1. The minimum atomic E-state index is 0.107. The van der Waals surface area contributed by atoms with Crippen molar-refractivity contribution in [1.82, 2.24) is 9.80 Å². The van der Waals surface area contributed by atoms with Crippen LogP contribution in [0.15, 0.2) is 18.2 Å². The molecule has 1 spiro atoms. The fourth-order valence-electron chi connectivity index (χ4n) is 3.52. The summed E-state index contributed by atoms with van der Waals surface area (Å²) in [6.07, 6.45) is 4.68. The van der Waals surface area contributed by atoms with E-state index in [-0.39, 0.29) is 5.60 Å². The molecule has 0 unspecified atom stereocenters. The van der Waals surface area contributed by atoms with Crippen LogP contribution in [-0.4, -0.2) is 48.6 Å². The highest BCUT2D eigenvalue weighted by atomic mass is 16.5. The third-order valence-corrected chi connectivity index (χ3v) is 5.51. The Hall–Kier alpha value is -1.06. The number of piperidine rings is 1. The molecule has 2 aliphatic rings. The quantitative estimate of drug-likeness (QED) is 0.852. The highest BCUT2D eigenvalue weighted by Gasteiger charge is 2.38. The van der Waals surface area contributed by atoms with Crippen LogP contribution in [-0.2, 0) is 13.0 Å². The molecule has 0 N–H and O–H groups in total. The molecule has 0 bridgehead atoms. The van der Waals surface area contributed by atoms with Crippen LogP contribution >= 0.6 is 0 Å². The lowest BCUT2D eigenvalue weighted by atomic mass is 9.83. The van der Waals surface area contributed by atoms with E-state index in [0.29, 0.717) is 6.04 Å². The lowest BCUT2D eigenvalue weighted by Crippen LogP contribution is -2.48. The van der Waals surface area contributed by atoms with Crippen molar-refractivity contribution in [3.05, 3.63) is 29.3 Å². The summed E-state index contributed by atoms with van der Waals surface area (Å²) in [5.41, 5.74) is 2.91. The Kier molecular flexibility index (Phi) is 4.47. The van der Waals surface area contributed by atoms with Crippen molar-refractivity contribution in [2.75, 3.05) is 27.2 Å². The predicted octanol–water partition coefficient (Wildman–Crippen LogP) is 3.32. The number of rotatable bonds is 3. The summed E-state index contributed by atoms with van der Waals surface area (Å²) in [6.45, 7) is 7.82. The number of benzene rings is 1. The summed E-state index contributed by atoms with van der Waals surface area (Å²) in [5, 5.41) is 0. The fraction of sp³-hybridized carbons (Fsp3) is 0.684. The Morgan fingerprint density at radius 2 is 1.95 bits per heavy atom. The van der Waals surface area contributed by atoms with E-state index in [2.05, 4.69) is 55.9 Å². The molecule has 3 rings (SSSR count). The third-order valence-electron chi connectivity index (χ3n) is 5.51. The van der Waals surface area contributed by atoms with Gasteiger partial charge in [0.1, 0.15) is 11.4 Å². The van der Waals surface area contributed by atoms with Crippen LogP contribution in [0.2, 0.25) is 0 Å². The molecule has 0 radical (unpaired) electrons. The van der Waals surface area contributed by atoms with Crippen molar-refractivity contribution in [3.8, 4) is 5.75 Å². The summed E-state index contributed by atoms with van der Waals surface area (Å²) >= 11 is 0. The Morgan fingerprint density at radius 1 is 1.23 bits per heavy atom. The van der Waals surface area contributed by atoms with Gasteiger partial charge in [-0.25, -0.2) is 0 Å². The van der Waals surface area contributed by atoms with Gasteiger partial charge in [0.05, 0.1) is 0 Å². The van der Waals surface area contributed by atoms with Gasteiger partial charge < -0.3 is 9.64 Å². The maximum Gasteiger partial charge on any atom is 0.123 e. The molecule has 0 saturated carbocycles. The number of aryl methyl sites for hydroxylation is 1. The van der Waals surface area contributed by atoms with E-state index in [1.54, 1.807) is 0 Å². The van der Waals surface area contributed by atoms with Crippen molar-refractivity contribution in [1.29, 1.82) is 0 Å². The van der Waals surface area contributed by atoms with Crippen LogP contribution in [0, 0.1) is 0 Å². The smallest absolute Gasteiger partial charge is 0.123 e. The first-order valence-electron chi connectivity index (χ1n) is 8.67. The van der Waals surface area contributed by atoms with Crippen molar-refractivity contribution >= 4 is 0 Å². The molecule has 3 nitrogen and oxygen atoms in total. The number of hydrogen-bond acceptors (Lipinski definition) is 3. The SMILES string of the molecule is CC(C)N(C)Cc1ccc2c(c1)CCC1(CCN(C)CC1)O2. The largest absolute Gasteiger partial charge is 0.487 e. The van der Waals surface area contributed by atoms with E-state index in [4.69, 9.17) is 4.74 Å². The van der Waals surface area contributed by atoms with Crippen molar-refractivity contribution in [2.24, 2.45) is 0 Å². The molecule has 2 aliphatic heterocycles. The van der Waals surface area contributed by atoms with E-state index in [1.165, 1.54) is 30.4 Å². The van der Waals surface area contributed by atoms with E-state index >= 15 is 0 Å². The van der Waals surface area contributed by atoms with Gasteiger partial charge in [-0.3, -0.25) is 4.90 Å². The minimum absolute atomic E-state index is 0.107. The highest BCUT2D eigenvalue weighted by molar-refractivity contribution is 5.39. The zero-order valence-corrected chi connectivity index (χ0v) is 14.6. The zero-order valence-electron chi connectivity index (χ0n) is 14.6. The Labute approximate surface area is 135 Å². The average molecular weight is 302 g/mol. The second-order valence-electron chi connectivity index (χ2n) is 7.54. The lowest BCUT2D eigenvalue weighted by molar-refractivity contribution is -0.00880. The maximum absolute atomic E-state index is 6.48. The first-order valence-corrected chi connectivity index (χ1v) is 8.67. The van der Waals surface area contributed by atoms with Gasteiger partial charge in [0.2, 0.25) is 0 Å². The molecule has 3 heteroatoms. The molecule has 0 atom stereocenters. The van der Waals surface area contributed by atoms with Gasteiger partial charge in [-0.05, 0) is 70.8 Å². The van der Waals surface area contributed by atoms with Gasteiger partial charge in [0, 0.05) is 25.7 Å². The number of nitrogens with zero attached hydrogens (tertiary/aromatic N) is 2. The van der Waals surface area contributed by atoms with Crippen molar-refractivity contribution in [3.63, 3.8) is 0 Å². The molecule has 1 aromatic carbocycles. The summed E-state index contributed by atoms with van der Waals surface area (Å²) in [4.78, 5) is 4.79. The first-order chi connectivity index (χ1) is 10.5. The van der Waals surface area contributed by atoms with Gasteiger partial charge >= 0.3 is 0 Å². The zero-order chi connectivity index (χ0) is 15.7. The Balaban J connectivity index is 1.71.